The van der Waals surface area contributed by atoms with Gasteiger partial charge in [-0.1, -0.05) is 82.2 Å². The fourth-order valence-corrected chi connectivity index (χ4v) is 3.04. The van der Waals surface area contributed by atoms with Crippen molar-refractivity contribution < 1.29 is 29.3 Å². The molecule has 0 heterocycles. The minimum atomic E-state index is -2.04. The molecule has 1 atom stereocenters. The summed E-state index contributed by atoms with van der Waals surface area (Å²) in [5.74, 6) is -3.74. The average molecular weight is 378 g/mol. The molecule has 150 valence electrons. The summed E-state index contributed by atoms with van der Waals surface area (Å²) in [6.07, 6.45) is 5.90. The normalized spacial score (nSPS) is 12.9. The molecule has 0 aliphatic rings. The highest BCUT2D eigenvalue weighted by molar-refractivity contribution is 6.02. The number of benzene rings is 1. The molecule has 0 radical (unpaired) electrons. The molecular weight excluding hydrogens is 348 g/mol. The summed E-state index contributed by atoms with van der Waals surface area (Å²) in [5, 5.41) is 18.8. The Labute approximate surface area is 160 Å². The van der Waals surface area contributed by atoms with Crippen LogP contribution < -0.4 is 0 Å². The first kappa shape index (κ1) is 22.7. The number of carbonyl (C=O) groups excluding carboxylic acids is 1. The molecular formula is C21H30O6. The monoisotopic (exact) mass is 378 g/mol. The number of unbranched alkanes of at least 4 members (excludes halogenated alkanes) is 6. The van der Waals surface area contributed by atoms with Crippen LogP contribution in [0, 0.1) is 5.41 Å². The Morgan fingerprint density at radius 3 is 2.07 bits per heavy atom. The van der Waals surface area contributed by atoms with Gasteiger partial charge >= 0.3 is 17.9 Å². The van der Waals surface area contributed by atoms with Crippen LogP contribution in [0.25, 0.3) is 0 Å². The fourth-order valence-electron chi connectivity index (χ4n) is 3.04. The summed E-state index contributed by atoms with van der Waals surface area (Å²) in [7, 11) is 0. The van der Waals surface area contributed by atoms with Crippen LogP contribution in [0.1, 0.15) is 70.3 Å². The second kappa shape index (κ2) is 12.1. The van der Waals surface area contributed by atoms with E-state index in [1.54, 1.807) is 24.3 Å². The number of carboxylic acid groups (broad SMARTS) is 2. The fraction of sp³-hybridized carbons (Fsp3) is 0.571. The lowest BCUT2D eigenvalue weighted by Gasteiger charge is -2.25. The lowest BCUT2D eigenvalue weighted by Crippen LogP contribution is -2.42. The zero-order chi connectivity index (χ0) is 20.1. The molecule has 0 aromatic heterocycles. The standard InChI is InChI=1S/C21H30O6/c1-2-3-4-5-6-7-11-14-21(19(24)25,15-18(22)23)20(26)27-16-17-12-9-8-10-13-17/h8-10,12-13H,2-7,11,14-16H2,1H3,(H,22,23)(H,24,25). The van der Waals surface area contributed by atoms with Gasteiger partial charge < -0.3 is 14.9 Å². The molecule has 1 unspecified atom stereocenters. The quantitative estimate of drug-likeness (QED) is 0.282. The molecule has 2 N–H and O–H groups in total. The molecule has 6 heteroatoms. The lowest BCUT2D eigenvalue weighted by atomic mass is 9.79. The molecule has 6 nitrogen and oxygen atoms in total. The summed E-state index contributed by atoms with van der Waals surface area (Å²) < 4.78 is 5.18. The van der Waals surface area contributed by atoms with Crippen molar-refractivity contribution in [2.45, 2.75) is 71.3 Å². The van der Waals surface area contributed by atoms with Crippen molar-refractivity contribution in [3.63, 3.8) is 0 Å². The van der Waals surface area contributed by atoms with E-state index in [4.69, 9.17) is 9.84 Å². The van der Waals surface area contributed by atoms with Crippen LogP contribution in [-0.4, -0.2) is 28.1 Å². The van der Waals surface area contributed by atoms with E-state index in [0.717, 1.165) is 37.7 Å². The van der Waals surface area contributed by atoms with Gasteiger partial charge in [-0.25, -0.2) is 0 Å². The first-order valence-electron chi connectivity index (χ1n) is 9.58. The number of aliphatic carboxylic acids is 2. The molecule has 0 saturated carbocycles. The first-order valence-corrected chi connectivity index (χ1v) is 9.58. The molecule has 0 spiro atoms. The highest BCUT2D eigenvalue weighted by Crippen LogP contribution is 2.32. The number of rotatable bonds is 14. The first-order chi connectivity index (χ1) is 12.9. The summed E-state index contributed by atoms with van der Waals surface area (Å²) >= 11 is 0. The number of esters is 1. The van der Waals surface area contributed by atoms with E-state index < -0.39 is 29.7 Å². The highest BCUT2D eigenvalue weighted by atomic mass is 16.5. The van der Waals surface area contributed by atoms with Crippen LogP contribution in [0.5, 0.6) is 0 Å². The SMILES string of the molecule is CCCCCCCCCC(CC(=O)O)(C(=O)O)C(=O)OCc1ccccc1. The van der Waals surface area contributed by atoms with E-state index in [1.165, 1.54) is 6.42 Å². The Hall–Kier alpha value is -2.37. The number of hydrogen-bond donors (Lipinski definition) is 2. The van der Waals surface area contributed by atoms with Crippen molar-refractivity contribution in [2.75, 3.05) is 0 Å². The Morgan fingerprint density at radius 1 is 0.926 bits per heavy atom. The maximum absolute atomic E-state index is 12.6. The molecule has 0 fully saturated rings. The third-order valence-corrected chi connectivity index (χ3v) is 4.67. The molecule has 27 heavy (non-hydrogen) atoms. The molecule has 1 aromatic rings. The summed E-state index contributed by atoms with van der Waals surface area (Å²) in [6, 6.07) is 8.89. The number of hydrogen-bond acceptors (Lipinski definition) is 4. The van der Waals surface area contributed by atoms with E-state index in [1.807, 2.05) is 6.07 Å². The third-order valence-electron chi connectivity index (χ3n) is 4.67. The van der Waals surface area contributed by atoms with Crippen molar-refractivity contribution in [3.05, 3.63) is 35.9 Å². The number of ether oxygens (including phenoxy) is 1. The molecule has 1 aromatic carbocycles. The van der Waals surface area contributed by atoms with E-state index >= 15 is 0 Å². The van der Waals surface area contributed by atoms with Crippen LogP contribution >= 0.6 is 0 Å². The number of carbonyl (C=O) groups is 3. The van der Waals surface area contributed by atoms with Crippen LogP contribution in [0.15, 0.2) is 30.3 Å². The molecule has 0 aliphatic heterocycles. The second-order valence-corrected chi connectivity index (χ2v) is 6.89. The Bertz CT molecular complexity index is 598. The second-order valence-electron chi connectivity index (χ2n) is 6.89. The molecule has 0 bridgehead atoms. The van der Waals surface area contributed by atoms with Gasteiger partial charge in [0.15, 0.2) is 5.41 Å². The lowest BCUT2D eigenvalue weighted by molar-refractivity contribution is -0.175. The van der Waals surface area contributed by atoms with Crippen molar-refractivity contribution in [1.82, 2.24) is 0 Å². The average Bonchev–Trinajstić information content (AvgIpc) is 2.64. The smallest absolute Gasteiger partial charge is 0.324 e. The van der Waals surface area contributed by atoms with Crippen molar-refractivity contribution in [1.29, 1.82) is 0 Å². The Morgan fingerprint density at radius 2 is 1.52 bits per heavy atom. The van der Waals surface area contributed by atoms with Gasteiger partial charge in [-0.15, -0.1) is 0 Å². The maximum atomic E-state index is 12.6. The molecule has 0 aliphatic carbocycles. The predicted molar refractivity (Wildman–Crippen MR) is 101 cm³/mol. The van der Waals surface area contributed by atoms with Crippen molar-refractivity contribution >= 4 is 17.9 Å². The Balaban J connectivity index is 2.70. The zero-order valence-electron chi connectivity index (χ0n) is 16.0. The van der Waals surface area contributed by atoms with Gasteiger partial charge in [0.1, 0.15) is 6.61 Å². The van der Waals surface area contributed by atoms with Gasteiger partial charge in [0.25, 0.3) is 0 Å². The molecule has 0 saturated heterocycles. The van der Waals surface area contributed by atoms with Crippen LogP contribution in [-0.2, 0) is 25.7 Å². The van der Waals surface area contributed by atoms with Gasteiger partial charge in [-0.3, -0.25) is 14.4 Å². The van der Waals surface area contributed by atoms with E-state index in [9.17, 15) is 19.5 Å². The highest BCUT2D eigenvalue weighted by Gasteiger charge is 2.49. The molecule has 1 rings (SSSR count). The van der Waals surface area contributed by atoms with E-state index in [-0.39, 0.29) is 13.0 Å². The van der Waals surface area contributed by atoms with E-state index in [2.05, 4.69) is 6.92 Å². The molecule has 0 amide bonds. The van der Waals surface area contributed by atoms with Gasteiger partial charge in [0.05, 0.1) is 6.42 Å². The van der Waals surface area contributed by atoms with Crippen LogP contribution in [0.3, 0.4) is 0 Å². The Kier molecular flexibility index (Phi) is 10.2. The van der Waals surface area contributed by atoms with Crippen molar-refractivity contribution in [2.24, 2.45) is 5.41 Å². The third kappa shape index (κ3) is 7.81. The van der Waals surface area contributed by atoms with E-state index in [0.29, 0.717) is 6.42 Å². The summed E-state index contributed by atoms with van der Waals surface area (Å²) in [4.78, 5) is 35.6. The summed E-state index contributed by atoms with van der Waals surface area (Å²) in [5.41, 5.74) is -1.32. The predicted octanol–water partition coefficient (Wildman–Crippen LogP) is 4.42. The number of carboxylic acids is 2. The minimum Gasteiger partial charge on any atom is -0.481 e. The van der Waals surface area contributed by atoms with Crippen LogP contribution in [0.2, 0.25) is 0 Å². The van der Waals surface area contributed by atoms with Crippen molar-refractivity contribution in [3.8, 4) is 0 Å². The van der Waals surface area contributed by atoms with Gasteiger partial charge in [-0.05, 0) is 12.0 Å². The minimum absolute atomic E-state index is 0.0317. The van der Waals surface area contributed by atoms with Gasteiger partial charge in [0, 0.05) is 0 Å². The topological polar surface area (TPSA) is 101 Å². The summed E-state index contributed by atoms with van der Waals surface area (Å²) in [6.45, 7) is 2.06. The maximum Gasteiger partial charge on any atom is 0.324 e. The van der Waals surface area contributed by atoms with Gasteiger partial charge in [-0.2, -0.15) is 0 Å². The van der Waals surface area contributed by atoms with Gasteiger partial charge in [0.2, 0.25) is 0 Å². The zero-order valence-corrected chi connectivity index (χ0v) is 16.0. The van der Waals surface area contributed by atoms with Crippen LogP contribution in [0.4, 0.5) is 0 Å². The largest absolute Gasteiger partial charge is 0.481 e.